The highest BCUT2D eigenvalue weighted by Crippen LogP contribution is 2.28. The molecule has 0 fully saturated rings. The summed E-state index contributed by atoms with van der Waals surface area (Å²) >= 11 is 6.07. The second-order valence-corrected chi connectivity index (χ2v) is 7.89. The number of halogens is 1. The number of nitrogens with one attached hydrogen (secondary N) is 1. The fourth-order valence-corrected chi connectivity index (χ4v) is 3.07. The molecule has 5 nitrogen and oxygen atoms in total. The number of pyridine rings is 1. The number of nitrogens with zero attached hydrogens (tertiary/aromatic N) is 1. The van der Waals surface area contributed by atoms with Crippen LogP contribution in [0.25, 0.3) is 10.9 Å². The molecule has 2 heterocycles. The molecule has 3 rings (SSSR count). The van der Waals surface area contributed by atoms with Crippen molar-refractivity contribution in [2.24, 2.45) is 0 Å². The number of carbonyl (C=O) groups excluding carboxylic acids is 2. The van der Waals surface area contributed by atoms with E-state index in [4.69, 9.17) is 16.3 Å². The third kappa shape index (κ3) is 4.03. The Morgan fingerprint density at radius 3 is 2.59 bits per heavy atom. The van der Waals surface area contributed by atoms with Gasteiger partial charge in [0.15, 0.2) is 0 Å². The van der Waals surface area contributed by atoms with Crippen molar-refractivity contribution < 1.29 is 14.3 Å². The standard InChI is InChI=1S/C21H21ClN2O3/c1-12(25)27-11-16-15-6-5-14(22)10-17(15)24-19(16)20(26)18-9-13(7-8-23-18)21(2,3)4/h5-10,24H,11H2,1-4H3. The van der Waals surface area contributed by atoms with Crippen LogP contribution in [-0.2, 0) is 21.6 Å². The molecule has 0 aliphatic carbocycles. The molecule has 140 valence electrons. The van der Waals surface area contributed by atoms with Crippen LogP contribution in [0, 0.1) is 0 Å². The first-order valence-electron chi connectivity index (χ1n) is 8.61. The van der Waals surface area contributed by atoms with Crippen LogP contribution in [0.15, 0.2) is 36.5 Å². The molecule has 0 spiro atoms. The largest absolute Gasteiger partial charge is 0.461 e. The highest BCUT2D eigenvalue weighted by atomic mass is 35.5. The normalized spacial score (nSPS) is 11.6. The summed E-state index contributed by atoms with van der Waals surface area (Å²) in [6.45, 7) is 7.56. The van der Waals surface area contributed by atoms with Crippen LogP contribution < -0.4 is 0 Å². The molecule has 27 heavy (non-hydrogen) atoms. The van der Waals surface area contributed by atoms with Gasteiger partial charge in [-0.05, 0) is 35.2 Å². The van der Waals surface area contributed by atoms with Gasteiger partial charge in [0.2, 0.25) is 5.78 Å². The lowest BCUT2D eigenvalue weighted by Gasteiger charge is -2.19. The predicted molar refractivity (Wildman–Crippen MR) is 105 cm³/mol. The molecule has 0 saturated carbocycles. The van der Waals surface area contributed by atoms with Crippen LogP contribution in [0.3, 0.4) is 0 Å². The predicted octanol–water partition coefficient (Wildman–Crippen LogP) is 4.81. The van der Waals surface area contributed by atoms with Gasteiger partial charge in [-0.1, -0.05) is 38.4 Å². The fraction of sp³-hybridized carbons (Fsp3) is 0.286. The number of H-pyrrole nitrogens is 1. The lowest BCUT2D eigenvalue weighted by molar-refractivity contribution is -0.142. The Labute approximate surface area is 162 Å². The number of hydrogen-bond acceptors (Lipinski definition) is 4. The van der Waals surface area contributed by atoms with E-state index in [1.807, 2.05) is 12.1 Å². The molecule has 0 aliphatic rings. The van der Waals surface area contributed by atoms with Crippen molar-refractivity contribution in [3.63, 3.8) is 0 Å². The summed E-state index contributed by atoms with van der Waals surface area (Å²) in [7, 11) is 0. The summed E-state index contributed by atoms with van der Waals surface area (Å²) in [6, 6.07) is 8.99. The van der Waals surface area contributed by atoms with Crippen molar-refractivity contribution in [2.45, 2.75) is 39.7 Å². The summed E-state index contributed by atoms with van der Waals surface area (Å²) in [5.74, 6) is -0.667. The molecule has 0 radical (unpaired) electrons. The summed E-state index contributed by atoms with van der Waals surface area (Å²) < 4.78 is 5.16. The van der Waals surface area contributed by atoms with Crippen LogP contribution in [0.2, 0.25) is 5.02 Å². The molecular weight excluding hydrogens is 364 g/mol. The minimum absolute atomic E-state index is 0.00298. The fourth-order valence-electron chi connectivity index (χ4n) is 2.89. The van der Waals surface area contributed by atoms with Gasteiger partial charge < -0.3 is 9.72 Å². The lowest BCUT2D eigenvalue weighted by atomic mass is 9.87. The Morgan fingerprint density at radius 2 is 1.93 bits per heavy atom. The summed E-state index contributed by atoms with van der Waals surface area (Å²) in [5, 5.41) is 1.34. The highest BCUT2D eigenvalue weighted by molar-refractivity contribution is 6.31. The number of carbonyl (C=O) groups is 2. The van der Waals surface area contributed by atoms with Crippen LogP contribution in [-0.4, -0.2) is 21.7 Å². The van der Waals surface area contributed by atoms with Crippen molar-refractivity contribution in [2.75, 3.05) is 0 Å². The molecule has 3 aromatic rings. The first-order chi connectivity index (χ1) is 12.7. The van der Waals surface area contributed by atoms with Gasteiger partial charge in [0, 0.05) is 34.6 Å². The van der Waals surface area contributed by atoms with E-state index in [-0.39, 0.29) is 17.8 Å². The number of fused-ring (bicyclic) bond motifs is 1. The summed E-state index contributed by atoms with van der Waals surface area (Å²) in [6.07, 6.45) is 1.64. The molecule has 6 heteroatoms. The Hall–Kier alpha value is -2.66. The van der Waals surface area contributed by atoms with E-state index in [1.54, 1.807) is 24.4 Å². The SMILES string of the molecule is CC(=O)OCc1c(C(=O)c2cc(C(C)(C)C)ccn2)[nH]c2cc(Cl)ccc12. The molecule has 1 aromatic carbocycles. The van der Waals surface area contributed by atoms with E-state index in [0.29, 0.717) is 27.5 Å². The zero-order valence-electron chi connectivity index (χ0n) is 15.7. The number of ketones is 1. The number of rotatable bonds is 4. The van der Waals surface area contributed by atoms with E-state index < -0.39 is 5.97 Å². The van der Waals surface area contributed by atoms with Gasteiger partial charge in [-0.15, -0.1) is 0 Å². The van der Waals surface area contributed by atoms with Gasteiger partial charge in [0.25, 0.3) is 0 Å². The van der Waals surface area contributed by atoms with Crippen LogP contribution in [0.5, 0.6) is 0 Å². The summed E-state index contributed by atoms with van der Waals surface area (Å²) in [4.78, 5) is 31.8. The quantitative estimate of drug-likeness (QED) is 0.517. The van der Waals surface area contributed by atoms with E-state index in [0.717, 1.165) is 10.9 Å². The van der Waals surface area contributed by atoms with E-state index >= 15 is 0 Å². The van der Waals surface area contributed by atoms with Gasteiger partial charge >= 0.3 is 5.97 Å². The van der Waals surface area contributed by atoms with E-state index in [9.17, 15) is 9.59 Å². The molecular formula is C21H21ClN2O3. The van der Waals surface area contributed by atoms with Gasteiger partial charge in [0.1, 0.15) is 12.3 Å². The lowest BCUT2D eigenvalue weighted by Crippen LogP contribution is -2.14. The van der Waals surface area contributed by atoms with E-state index in [2.05, 4.69) is 30.7 Å². The monoisotopic (exact) mass is 384 g/mol. The average molecular weight is 385 g/mol. The number of aromatic amines is 1. The van der Waals surface area contributed by atoms with Crippen LogP contribution >= 0.6 is 11.6 Å². The minimum atomic E-state index is -0.412. The Bertz CT molecular complexity index is 1030. The molecule has 0 unspecified atom stereocenters. The zero-order chi connectivity index (χ0) is 19.8. The topological polar surface area (TPSA) is 72.1 Å². The van der Waals surface area contributed by atoms with Crippen LogP contribution in [0.4, 0.5) is 0 Å². The number of hydrogen-bond donors (Lipinski definition) is 1. The molecule has 0 bridgehead atoms. The molecule has 0 amide bonds. The molecule has 2 aromatic heterocycles. The van der Waals surface area contributed by atoms with Gasteiger partial charge in [-0.3, -0.25) is 14.6 Å². The van der Waals surface area contributed by atoms with Gasteiger partial charge in [-0.25, -0.2) is 0 Å². The maximum Gasteiger partial charge on any atom is 0.302 e. The van der Waals surface area contributed by atoms with Crippen molar-refractivity contribution in [3.05, 3.63) is 64.1 Å². The molecule has 0 aliphatic heterocycles. The molecule has 1 N–H and O–H groups in total. The van der Waals surface area contributed by atoms with E-state index in [1.165, 1.54) is 6.92 Å². The Morgan fingerprint density at radius 1 is 1.19 bits per heavy atom. The maximum absolute atomic E-state index is 13.2. The van der Waals surface area contributed by atoms with Crippen molar-refractivity contribution >= 4 is 34.3 Å². The van der Waals surface area contributed by atoms with Crippen LogP contribution in [0.1, 0.15) is 55.0 Å². The number of benzene rings is 1. The minimum Gasteiger partial charge on any atom is -0.461 e. The highest BCUT2D eigenvalue weighted by Gasteiger charge is 2.23. The average Bonchev–Trinajstić information content (AvgIpc) is 2.96. The van der Waals surface area contributed by atoms with Crippen molar-refractivity contribution in [1.82, 2.24) is 9.97 Å². The first kappa shape index (κ1) is 19.1. The maximum atomic E-state index is 13.2. The van der Waals surface area contributed by atoms with Gasteiger partial charge in [-0.2, -0.15) is 0 Å². The number of ether oxygens (including phenoxy) is 1. The third-order valence-corrected chi connectivity index (χ3v) is 4.61. The van der Waals surface area contributed by atoms with Crippen molar-refractivity contribution in [1.29, 1.82) is 0 Å². The zero-order valence-corrected chi connectivity index (χ0v) is 16.5. The third-order valence-electron chi connectivity index (χ3n) is 4.37. The number of aromatic nitrogens is 2. The second-order valence-electron chi connectivity index (χ2n) is 7.46. The number of esters is 1. The van der Waals surface area contributed by atoms with Crippen molar-refractivity contribution in [3.8, 4) is 0 Å². The Balaban J connectivity index is 2.11. The molecule has 0 atom stereocenters. The summed E-state index contributed by atoms with van der Waals surface area (Å²) in [5.41, 5.74) is 2.93. The molecule has 0 saturated heterocycles. The second kappa shape index (κ2) is 7.16. The van der Waals surface area contributed by atoms with Gasteiger partial charge in [0.05, 0.1) is 5.69 Å². The smallest absolute Gasteiger partial charge is 0.302 e. The Kier molecular flexibility index (Phi) is 5.07. The first-order valence-corrected chi connectivity index (χ1v) is 8.99.